The average Bonchev–Trinajstić information content (AvgIpc) is 2.13. The molecule has 14 heavy (non-hydrogen) atoms. The van der Waals surface area contributed by atoms with Gasteiger partial charge in [0.05, 0.1) is 13.7 Å². The van der Waals surface area contributed by atoms with Crippen LogP contribution in [0.2, 0.25) is 0 Å². The van der Waals surface area contributed by atoms with E-state index in [1.807, 2.05) is 20.8 Å². The molecule has 0 aromatic rings. The number of ether oxygens (including phenoxy) is 2. The lowest BCUT2D eigenvalue weighted by Gasteiger charge is -2.24. The van der Waals surface area contributed by atoms with Crippen LogP contribution in [-0.4, -0.2) is 38.9 Å². The maximum atomic E-state index is 11.4. The van der Waals surface area contributed by atoms with Gasteiger partial charge < -0.3 is 14.8 Å². The van der Waals surface area contributed by atoms with Crippen molar-refractivity contribution in [3.05, 3.63) is 0 Å². The second-order valence-electron chi connectivity index (χ2n) is 3.75. The lowest BCUT2D eigenvalue weighted by Crippen LogP contribution is -2.47. The molecule has 4 nitrogen and oxygen atoms in total. The van der Waals surface area contributed by atoms with Gasteiger partial charge in [-0.15, -0.1) is 0 Å². The summed E-state index contributed by atoms with van der Waals surface area (Å²) in [6, 6.07) is -0.0432. The molecule has 0 fully saturated rings. The zero-order chi connectivity index (χ0) is 11.1. The number of esters is 1. The summed E-state index contributed by atoms with van der Waals surface area (Å²) in [5.74, 6) is -0.127. The van der Waals surface area contributed by atoms with Crippen LogP contribution in [0.25, 0.3) is 0 Å². The summed E-state index contributed by atoms with van der Waals surface area (Å²) in [5, 5.41) is 3.16. The Labute approximate surface area is 86.0 Å². The minimum absolute atomic E-state index is 0.106. The topological polar surface area (TPSA) is 47.6 Å². The van der Waals surface area contributed by atoms with E-state index in [2.05, 4.69) is 5.32 Å². The first-order valence-corrected chi connectivity index (χ1v) is 4.85. The smallest absolute Gasteiger partial charge is 0.323 e. The Hall–Kier alpha value is -0.610. The fourth-order valence-electron chi connectivity index (χ4n) is 1.31. The van der Waals surface area contributed by atoms with Gasteiger partial charge in [0.25, 0.3) is 0 Å². The molecule has 0 aromatic carbocycles. The normalized spacial score (nSPS) is 15.3. The summed E-state index contributed by atoms with van der Waals surface area (Å²) in [6.07, 6.45) is 0. The van der Waals surface area contributed by atoms with Crippen LogP contribution in [0.5, 0.6) is 0 Å². The molecule has 0 aliphatic rings. The number of carbonyl (C=O) groups is 1. The highest BCUT2D eigenvalue weighted by Crippen LogP contribution is 2.06. The van der Waals surface area contributed by atoms with E-state index in [0.29, 0.717) is 6.61 Å². The molecule has 0 rings (SSSR count). The Kier molecular flexibility index (Phi) is 6.49. The number of carbonyl (C=O) groups excluding carboxylic acids is 1. The van der Waals surface area contributed by atoms with Crippen molar-refractivity contribution < 1.29 is 14.3 Å². The summed E-state index contributed by atoms with van der Waals surface area (Å²) in [5.41, 5.74) is 0. The largest absolute Gasteiger partial charge is 0.468 e. The third kappa shape index (κ3) is 4.58. The van der Waals surface area contributed by atoms with Crippen molar-refractivity contribution in [2.45, 2.75) is 32.9 Å². The number of nitrogens with one attached hydrogen (secondary N) is 1. The van der Waals surface area contributed by atoms with Crippen LogP contribution in [0, 0.1) is 5.92 Å². The van der Waals surface area contributed by atoms with Crippen molar-refractivity contribution in [2.24, 2.45) is 5.92 Å². The fraction of sp³-hybridized carbons (Fsp3) is 0.900. The molecule has 4 heteroatoms. The van der Waals surface area contributed by atoms with Gasteiger partial charge in [0.2, 0.25) is 0 Å². The quantitative estimate of drug-likeness (QED) is 0.649. The second-order valence-corrected chi connectivity index (χ2v) is 3.75. The van der Waals surface area contributed by atoms with Crippen LogP contribution in [0.4, 0.5) is 0 Å². The SMILES string of the molecule is COCC(C)C(NC(C)C)C(=O)OC. The molecular formula is C10H21NO3. The summed E-state index contributed by atoms with van der Waals surface area (Å²) in [7, 11) is 3.02. The van der Waals surface area contributed by atoms with E-state index in [4.69, 9.17) is 9.47 Å². The van der Waals surface area contributed by atoms with E-state index in [-0.39, 0.29) is 24.0 Å². The molecule has 0 heterocycles. The number of methoxy groups -OCH3 is 2. The van der Waals surface area contributed by atoms with Crippen molar-refractivity contribution >= 4 is 5.97 Å². The predicted octanol–water partition coefficient (Wildman–Crippen LogP) is 0.808. The summed E-state index contributed by atoms with van der Waals surface area (Å²) in [4.78, 5) is 11.4. The summed E-state index contributed by atoms with van der Waals surface area (Å²) in [6.45, 7) is 6.49. The summed E-state index contributed by atoms with van der Waals surface area (Å²) >= 11 is 0. The molecule has 0 aliphatic carbocycles. The van der Waals surface area contributed by atoms with Crippen molar-refractivity contribution in [1.82, 2.24) is 5.32 Å². The standard InChI is InChI=1S/C10H21NO3/c1-7(2)11-9(10(12)14-5)8(3)6-13-4/h7-9,11H,6H2,1-5H3. The average molecular weight is 203 g/mol. The minimum Gasteiger partial charge on any atom is -0.468 e. The van der Waals surface area contributed by atoms with Crippen molar-refractivity contribution in [1.29, 1.82) is 0 Å². The first kappa shape index (κ1) is 13.4. The zero-order valence-corrected chi connectivity index (χ0v) is 9.66. The fourth-order valence-corrected chi connectivity index (χ4v) is 1.31. The summed E-state index contributed by atoms with van der Waals surface area (Å²) < 4.78 is 9.74. The molecule has 2 unspecified atom stereocenters. The van der Waals surface area contributed by atoms with E-state index < -0.39 is 0 Å². The highest BCUT2D eigenvalue weighted by Gasteiger charge is 2.26. The molecular weight excluding hydrogens is 182 g/mol. The van der Waals surface area contributed by atoms with Gasteiger partial charge in [0, 0.05) is 19.1 Å². The Morgan fingerprint density at radius 1 is 1.29 bits per heavy atom. The highest BCUT2D eigenvalue weighted by atomic mass is 16.5. The van der Waals surface area contributed by atoms with E-state index in [9.17, 15) is 4.79 Å². The van der Waals surface area contributed by atoms with Crippen LogP contribution in [0.1, 0.15) is 20.8 Å². The Bertz CT molecular complexity index is 171. The van der Waals surface area contributed by atoms with Crippen LogP contribution < -0.4 is 5.32 Å². The van der Waals surface area contributed by atoms with Crippen molar-refractivity contribution in [3.63, 3.8) is 0 Å². The molecule has 0 radical (unpaired) electrons. The van der Waals surface area contributed by atoms with Crippen LogP contribution in [-0.2, 0) is 14.3 Å². The minimum atomic E-state index is -0.292. The van der Waals surface area contributed by atoms with E-state index >= 15 is 0 Å². The van der Waals surface area contributed by atoms with Gasteiger partial charge in [-0.1, -0.05) is 20.8 Å². The molecule has 0 spiro atoms. The van der Waals surface area contributed by atoms with Crippen LogP contribution in [0.3, 0.4) is 0 Å². The number of hydrogen-bond acceptors (Lipinski definition) is 4. The lowest BCUT2D eigenvalue weighted by atomic mass is 10.0. The Morgan fingerprint density at radius 3 is 2.21 bits per heavy atom. The van der Waals surface area contributed by atoms with Gasteiger partial charge in [-0.05, 0) is 0 Å². The first-order valence-electron chi connectivity index (χ1n) is 4.85. The molecule has 84 valence electrons. The Morgan fingerprint density at radius 2 is 1.86 bits per heavy atom. The lowest BCUT2D eigenvalue weighted by molar-refractivity contribution is -0.145. The maximum Gasteiger partial charge on any atom is 0.323 e. The van der Waals surface area contributed by atoms with E-state index in [1.54, 1.807) is 7.11 Å². The molecule has 0 amide bonds. The monoisotopic (exact) mass is 203 g/mol. The number of hydrogen-bond donors (Lipinski definition) is 1. The third-order valence-electron chi connectivity index (χ3n) is 1.97. The third-order valence-corrected chi connectivity index (χ3v) is 1.97. The van der Waals surface area contributed by atoms with E-state index in [0.717, 1.165) is 0 Å². The molecule has 0 aliphatic heterocycles. The molecule has 0 aromatic heterocycles. The van der Waals surface area contributed by atoms with Crippen LogP contribution >= 0.6 is 0 Å². The highest BCUT2D eigenvalue weighted by molar-refractivity contribution is 5.76. The Balaban J connectivity index is 4.29. The molecule has 0 saturated carbocycles. The number of rotatable bonds is 6. The van der Waals surface area contributed by atoms with Gasteiger partial charge in [-0.25, -0.2) is 0 Å². The maximum absolute atomic E-state index is 11.4. The van der Waals surface area contributed by atoms with Gasteiger partial charge in [0.15, 0.2) is 0 Å². The molecule has 2 atom stereocenters. The molecule has 0 saturated heterocycles. The molecule has 0 bridgehead atoms. The predicted molar refractivity (Wildman–Crippen MR) is 55.1 cm³/mol. The van der Waals surface area contributed by atoms with Crippen LogP contribution in [0.15, 0.2) is 0 Å². The van der Waals surface area contributed by atoms with Gasteiger partial charge in [0.1, 0.15) is 6.04 Å². The van der Waals surface area contributed by atoms with Gasteiger partial charge in [-0.3, -0.25) is 4.79 Å². The zero-order valence-electron chi connectivity index (χ0n) is 9.66. The van der Waals surface area contributed by atoms with Gasteiger partial charge >= 0.3 is 5.97 Å². The van der Waals surface area contributed by atoms with Gasteiger partial charge in [-0.2, -0.15) is 0 Å². The second kappa shape index (κ2) is 6.79. The first-order chi connectivity index (χ1) is 6.52. The van der Waals surface area contributed by atoms with E-state index in [1.165, 1.54) is 7.11 Å². The molecule has 1 N–H and O–H groups in total. The van der Waals surface area contributed by atoms with Crippen molar-refractivity contribution in [3.8, 4) is 0 Å². The van der Waals surface area contributed by atoms with Crippen molar-refractivity contribution in [2.75, 3.05) is 20.8 Å².